The minimum atomic E-state index is -3.39. The third kappa shape index (κ3) is 4.66. The van der Waals surface area contributed by atoms with Crippen LogP contribution in [0.25, 0.3) is 0 Å². The van der Waals surface area contributed by atoms with Gasteiger partial charge in [-0.25, -0.2) is 13.1 Å². The van der Waals surface area contributed by atoms with E-state index in [9.17, 15) is 8.42 Å². The standard InChI is InChI=1S/C17H23N3O3S/c1-14-11-16(19-24(21,22)13-17-8-10-23-18-17)7-9-20(14)12-15-5-3-2-4-6-15/h2-6,8,10,14,16,19H,7,9,11-13H2,1H3/t14-,16+/m1/s1. The van der Waals surface area contributed by atoms with Gasteiger partial charge in [-0.15, -0.1) is 0 Å². The van der Waals surface area contributed by atoms with Crippen LogP contribution in [0.4, 0.5) is 0 Å². The Labute approximate surface area is 142 Å². The lowest BCUT2D eigenvalue weighted by Crippen LogP contribution is -2.48. The van der Waals surface area contributed by atoms with Gasteiger partial charge in [-0.05, 0) is 25.3 Å². The van der Waals surface area contributed by atoms with Crippen LogP contribution in [0.15, 0.2) is 47.2 Å². The van der Waals surface area contributed by atoms with Crippen LogP contribution in [-0.2, 0) is 22.3 Å². The fourth-order valence-corrected chi connectivity index (χ4v) is 4.53. The molecule has 0 unspecified atom stereocenters. The highest BCUT2D eigenvalue weighted by Gasteiger charge is 2.28. The molecule has 2 atom stereocenters. The maximum Gasteiger partial charge on any atom is 0.217 e. The van der Waals surface area contributed by atoms with Crippen molar-refractivity contribution in [2.24, 2.45) is 0 Å². The molecular formula is C17H23N3O3S. The number of nitrogens with one attached hydrogen (secondary N) is 1. The molecule has 1 fully saturated rings. The molecule has 6 nitrogen and oxygen atoms in total. The number of benzene rings is 1. The van der Waals surface area contributed by atoms with Crippen molar-refractivity contribution < 1.29 is 12.9 Å². The van der Waals surface area contributed by atoms with Crippen molar-refractivity contribution in [3.05, 3.63) is 53.9 Å². The summed E-state index contributed by atoms with van der Waals surface area (Å²) >= 11 is 0. The van der Waals surface area contributed by atoms with Gasteiger partial charge in [0.2, 0.25) is 10.0 Å². The Morgan fingerprint density at radius 2 is 2.08 bits per heavy atom. The number of sulfonamides is 1. The van der Waals surface area contributed by atoms with Gasteiger partial charge in [-0.2, -0.15) is 0 Å². The van der Waals surface area contributed by atoms with E-state index in [-0.39, 0.29) is 11.8 Å². The molecule has 130 valence electrons. The number of piperidine rings is 1. The average Bonchev–Trinajstić information content (AvgIpc) is 3.03. The quantitative estimate of drug-likeness (QED) is 0.865. The van der Waals surface area contributed by atoms with E-state index >= 15 is 0 Å². The largest absolute Gasteiger partial charge is 0.364 e. The molecular weight excluding hydrogens is 326 g/mol. The van der Waals surface area contributed by atoms with Gasteiger partial charge in [0.25, 0.3) is 0 Å². The third-order valence-corrected chi connectivity index (χ3v) is 5.79. The maximum atomic E-state index is 12.2. The Morgan fingerprint density at radius 3 is 2.75 bits per heavy atom. The number of nitrogens with zero attached hydrogens (tertiary/aromatic N) is 2. The molecule has 0 aliphatic carbocycles. The van der Waals surface area contributed by atoms with E-state index in [0.29, 0.717) is 11.7 Å². The molecule has 1 aromatic carbocycles. The second kappa shape index (κ2) is 7.46. The van der Waals surface area contributed by atoms with Crippen LogP contribution in [0.2, 0.25) is 0 Å². The summed E-state index contributed by atoms with van der Waals surface area (Å²) in [6.45, 7) is 3.94. The molecule has 1 N–H and O–H groups in total. The Hall–Kier alpha value is -1.70. The normalized spacial score (nSPS) is 22.5. The van der Waals surface area contributed by atoms with E-state index < -0.39 is 10.0 Å². The predicted molar refractivity (Wildman–Crippen MR) is 91.6 cm³/mol. The van der Waals surface area contributed by atoms with Crippen molar-refractivity contribution in [1.82, 2.24) is 14.8 Å². The fraction of sp³-hybridized carbons (Fsp3) is 0.471. The lowest BCUT2D eigenvalue weighted by Gasteiger charge is -2.37. The molecule has 1 saturated heterocycles. The van der Waals surface area contributed by atoms with E-state index in [1.807, 2.05) is 18.2 Å². The number of rotatable bonds is 6. The molecule has 7 heteroatoms. The third-order valence-electron chi connectivity index (χ3n) is 4.42. The summed E-state index contributed by atoms with van der Waals surface area (Å²) in [6.07, 6.45) is 3.01. The molecule has 0 spiro atoms. The van der Waals surface area contributed by atoms with Gasteiger partial charge in [0.1, 0.15) is 12.0 Å². The van der Waals surface area contributed by atoms with Gasteiger partial charge < -0.3 is 4.52 Å². The van der Waals surface area contributed by atoms with Crippen molar-refractivity contribution in [2.75, 3.05) is 6.54 Å². The van der Waals surface area contributed by atoms with Gasteiger partial charge >= 0.3 is 0 Å². The summed E-state index contributed by atoms with van der Waals surface area (Å²) in [5.74, 6) is -0.137. The van der Waals surface area contributed by atoms with E-state index in [0.717, 1.165) is 25.9 Å². The minimum absolute atomic E-state index is 0.0241. The van der Waals surface area contributed by atoms with Crippen molar-refractivity contribution in [3.63, 3.8) is 0 Å². The summed E-state index contributed by atoms with van der Waals surface area (Å²) in [6, 6.07) is 12.2. The van der Waals surface area contributed by atoms with Gasteiger partial charge in [0, 0.05) is 31.2 Å². The SMILES string of the molecule is C[C@@H]1C[C@@H](NS(=O)(=O)Cc2ccon2)CCN1Cc1ccccc1. The highest BCUT2D eigenvalue weighted by atomic mass is 32.2. The Balaban J connectivity index is 1.53. The molecule has 24 heavy (non-hydrogen) atoms. The predicted octanol–water partition coefficient (Wildman–Crippen LogP) is 2.15. The highest BCUT2D eigenvalue weighted by Crippen LogP contribution is 2.20. The lowest BCUT2D eigenvalue weighted by molar-refractivity contribution is 0.135. The van der Waals surface area contributed by atoms with E-state index in [4.69, 9.17) is 0 Å². The number of likely N-dealkylation sites (tertiary alicyclic amines) is 1. The maximum absolute atomic E-state index is 12.2. The fourth-order valence-electron chi connectivity index (χ4n) is 3.18. The van der Waals surface area contributed by atoms with Gasteiger partial charge in [-0.1, -0.05) is 35.5 Å². The second-order valence-electron chi connectivity index (χ2n) is 6.39. The molecule has 0 amide bonds. The van der Waals surface area contributed by atoms with Crippen LogP contribution in [0.1, 0.15) is 31.0 Å². The number of hydrogen-bond acceptors (Lipinski definition) is 5. The first-order valence-electron chi connectivity index (χ1n) is 8.19. The van der Waals surface area contributed by atoms with E-state index in [2.05, 4.69) is 38.4 Å². The van der Waals surface area contributed by atoms with Crippen LogP contribution in [0, 0.1) is 0 Å². The summed E-state index contributed by atoms with van der Waals surface area (Å²) < 4.78 is 32.0. The Kier molecular flexibility index (Phi) is 5.33. The Bertz CT molecular complexity index is 732. The smallest absolute Gasteiger partial charge is 0.217 e. The molecule has 2 aromatic rings. The minimum Gasteiger partial charge on any atom is -0.364 e. The molecule has 1 aliphatic heterocycles. The topological polar surface area (TPSA) is 75.4 Å². The van der Waals surface area contributed by atoms with Gasteiger partial charge in [-0.3, -0.25) is 4.90 Å². The van der Waals surface area contributed by atoms with E-state index in [1.165, 1.54) is 11.8 Å². The van der Waals surface area contributed by atoms with Crippen molar-refractivity contribution >= 4 is 10.0 Å². The molecule has 0 bridgehead atoms. The first kappa shape index (κ1) is 17.1. The summed E-state index contributed by atoms with van der Waals surface area (Å²) in [5, 5.41) is 3.67. The summed E-state index contributed by atoms with van der Waals surface area (Å²) in [5.41, 5.74) is 1.71. The molecule has 0 radical (unpaired) electrons. The van der Waals surface area contributed by atoms with Gasteiger partial charge in [0.05, 0.1) is 5.69 Å². The number of aromatic nitrogens is 1. The average molecular weight is 349 g/mol. The van der Waals surface area contributed by atoms with Crippen LogP contribution >= 0.6 is 0 Å². The molecule has 3 rings (SSSR count). The van der Waals surface area contributed by atoms with Crippen molar-refractivity contribution in [3.8, 4) is 0 Å². The first-order valence-corrected chi connectivity index (χ1v) is 9.84. The van der Waals surface area contributed by atoms with E-state index in [1.54, 1.807) is 6.07 Å². The Morgan fingerprint density at radius 1 is 1.29 bits per heavy atom. The molecule has 0 saturated carbocycles. The first-order chi connectivity index (χ1) is 11.5. The zero-order valence-corrected chi connectivity index (χ0v) is 14.6. The van der Waals surface area contributed by atoms with Crippen molar-refractivity contribution in [1.29, 1.82) is 0 Å². The summed E-state index contributed by atoms with van der Waals surface area (Å²) in [4.78, 5) is 2.40. The lowest BCUT2D eigenvalue weighted by atomic mass is 9.98. The zero-order valence-electron chi connectivity index (χ0n) is 13.8. The molecule has 1 aromatic heterocycles. The van der Waals surface area contributed by atoms with Crippen LogP contribution in [0.5, 0.6) is 0 Å². The molecule has 1 aliphatic rings. The van der Waals surface area contributed by atoms with Gasteiger partial charge in [0.15, 0.2) is 0 Å². The van der Waals surface area contributed by atoms with Crippen LogP contribution in [-0.4, -0.2) is 37.1 Å². The van der Waals surface area contributed by atoms with Crippen LogP contribution < -0.4 is 4.72 Å². The monoisotopic (exact) mass is 349 g/mol. The van der Waals surface area contributed by atoms with Crippen molar-refractivity contribution in [2.45, 2.75) is 44.1 Å². The van der Waals surface area contributed by atoms with Crippen LogP contribution in [0.3, 0.4) is 0 Å². The zero-order chi connectivity index (χ0) is 17.0. The molecule has 2 heterocycles. The summed E-state index contributed by atoms with van der Waals surface area (Å²) in [7, 11) is -3.39. The second-order valence-corrected chi connectivity index (χ2v) is 8.15. The number of hydrogen-bond donors (Lipinski definition) is 1. The highest BCUT2D eigenvalue weighted by molar-refractivity contribution is 7.88.